The van der Waals surface area contributed by atoms with Gasteiger partial charge < -0.3 is 8.98 Å². The minimum absolute atomic E-state index is 0.535. The molecule has 1 aliphatic heterocycles. The maximum absolute atomic E-state index is 5.60. The molecule has 7 heteroatoms. The molecule has 0 unspecified atom stereocenters. The number of oxazole rings is 1. The molecule has 1 saturated heterocycles. The van der Waals surface area contributed by atoms with Crippen LogP contribution in [0.1, 0.15) is 48.5 Å². The Hall–Kier alpha value is -1.73. The van der Waals surface area contributed by atoms with Crippen molar-refractivity contribution in [2.75, 3.05) is 20.1 Å². The zero-order valence-electron chi connectivity index (χ0n) is 14.8. The van der Waals surface area contributed by atoms with E-state index in [1.54, 1.807) is 6.20 Å². The maximum atomic E-state index is 5.60. The fraction of sp³-hybridized carbons (Fsp3) is 0.706. The van der Waals surface area contributed by atoms with E-state index in [2.05, 4.69) is 43.6 Å². The van der Waals surface area contributed by atoms with Crippen LogP contribution >= 0.6 is 0 Å². The lowest BCUT2D eigenvalue weighted by molar-refractivity contribution is 0.203. The van der Waals surface area contributed by atoms with Crippen molar-refractivity contribution < 1.29 is 4.42 Å². The minimum Gasteiger partial charge on any atom is -0.445 e. The molecule has 130 valence electrons. The monoisotopic (exact) mass is 330 g/mol. The highest BCUT2D eigenvalue weighted by molar-refractivity contribution is 5.08. The van der Waals surface area contributed by atoms with Gasteiger partial charge >= 0.3 is 0 Å². The van der Waals surface area contributed by atoms with Crippen LogP contribution in [0, 0.1) is 6.92 Å². The van der Waals surface area contributed by atoms with Gasteiger partial charge in [0.2, 0.25) is 5.89 Å². The first kappa shape index (κ1) is 15.8. The standard InChI is InChI=1S/C17H26N6O/c1-12-8-18-16(24-12)11-21(2)14-6-7-23(9-14)10-15-19-20-17(22(15)3)13-4-5-13/h8,13-14H,4-7,9-11H2,1-3H3/t14-/m0/s1. The van der Waals surface area contributed by atoms with Gasteiger partial charge in [0.15, 0.2) is 0 Å². The molecule has 2 aliphatic rings. The van der Waals surface area contributed by atoms with E-state index in [9.17, 15) is 0 Å². The molecule has 2 fully saturated rings. The van der Waals surface area contributed by atoms with Crippen LogP contribution in [0.4, 0.5) is 0 Å². The molecule has 0 N–H and O–H groups in total. The Morgan fingerprint density at radius 1 is 1.29 bits per heavy atom. The van der Waals surface area contributed by atoms with Crippen molar-refractivity contribution in [3.8, 4) is 0 Å². The van der Waals surface area contributed by atoms with Gasteiger partial charge in [0.05, 0.1) is 19.3 Å². The summed E-state index contributed by atoms with van der Waals surface area (Å²) in [4.78, 5) is 9.13. The van der Waals surface area contributed by atoms with E-state index in [1.807, 2.05) is 6.92 Å². The fourth-order valence-corrected chi connectivity index (χ4v) is 3.54. The summed E-state index contributed by atoms with van der Waals surface area (Å²) in [6, 6.07) is 0.535. The van der Waals surface area contributed by atoms with E-state index < -0.39 is 0 Å². The summed E-state index contributed by atoms with van der Waals surface area (Å²) in [6.07, 6.45) is 5.49. The summed E-state index contributed by atoms with van der Waals surface area (Å²) in [5.74, 6) is 4.58. The SMILES string of the molecule is Cc1cnc(CN(C)[C@H]2CCN(Cc3nnc(C4CC4)n3C)C2)o1. The second-order valence-corrected chi connectivity index (χ2v) is 7.27. The van der Waals surface area contributed by atoms with Crippen LogP contribution in [0.15, 0.2) is 10.6 Å². The first-order valence-corrected chi connectivity index (χ1v) is 8.82. The third kappa shape index (κ3) is 3.23. The van der Waals surface area contributed by atoms with Crippen molar-refractivity contribution in [1.29, 1.82) is 0 Å². The molecule has 0 bridgehead atoms. The van der Waals surface area contributed by atoms with Crippen LogP contribution in [-0.4, -0.2) is 55.7 Å². The Morgan fingerprint density at radius 2 is 2.12 bits per heavy atom. The molecule has 1 saturated carbocycles. The molecule has 0 spiro atoms. The first-order chi connectivity index (χ1) is 11.6. The molecular weight excluding hydrogens is 304 g/mol. The van der Waals surface area contributed by atoms with Crippen molar-refractivity contribution in [2.45, 2.75) is 51.2 Å². The Morgan fingerprint density at radius 3 is 2.83 bits per heavy atom. The summed E-state index contributed by atoms with van der Waals surface area (Å²) in [5.41, 5.74) is 0. The van der Waals surface area contributed by atoms with E-state index in [4.69, 9.17) is 4.42 Å². The number of likely N-dealkylation sites (tertiary alicyclic amines) is 1. The van der Waals surface area contributed by atoms with E-state index in [0.29, 0.717) is 12.0 Å². The molecule has 0 radical (unpaired) electrons. The minimum atomic E-state index is 0.535. The van der Waals surface area contributed by atoms with Crippen LogP contribution < -0.4 is 0 Å². The number of likely N-dealkylation sites (N-methyl/N-ethyl adjacent to an activating group) is 1. The van der Waals surface area contributed by atoms with E-state index in [0.717, 1.165) is 49.5 Å². The summed E-state index contributed by atoms with van der Waals surface area (Å²) in [7, 11) is 4.26. The lowest BCUT2D eigenvalue weighted by Crippen LogP contribution is -2.34. The largest absolute Gasteiger partial charge is 0.445 e. The molecule has 2 aromatic rings. The number of nitrogens with zero attached hydrogens (tertiary/aromatic N) is 6. The molecule has 24 heavy (non-hydrogen) atoms. The summed E-state index contributed by atoms with van der Waals surface area (Å²) >= 11 is 0. The molecule has 3 heterocycles. The second-order valence-electron chi connectivity index (χ2n) is 7.27. The maximum Gasteiger partial charge on any atom is 0.208 e. The Labute approximate surface area is 142 Å². The van der Waals surface area contributed by atoms with Gasteiger partial charge in [-0.25, -0.2) is 4.98 Å². The van der Waals surface area contributed by atoms with Gasteiger partial charge in [-0.1, -0.05) is 0 Å². The summed E-state index contributed by atoms with van der Waals surface area (Å²) in [5, 5.41) is 8.80. The smallest absolute Gasteiger partial charge is 0.208 e. The molecule has 1 aliphatic carbocycles. The van der Waals surface area contributed by atoms with Crippen molar-refractivity contribution in [3.63, 3.8) is 0 Å². The van der Waals surface area contributed by atoms with Gasteiger partial charge in [0, 0.05) is 32.1 Å². The molecule has 4 rings (SSSR count). The molecule has 2 aromatic heterocycles. The van der Waals surface area contributed by atoms with E-state index >= 15 is 0 Å². The van der Waals surface area contributed by atoms with Crippen LogP contribution in [0.2, 0.25) is 0 Å². The number of hydrogen-bond donors (Lipinski definition) is 0. The van der Waals surface area contributed by atoms with Gasteiger partial charge in [-0.3, -0.25) is 9.80 Å². The lowest BCUT2D eigenvalue weighted by Gasteiger charge is -2.23. The average molecular weight is 330 g/mol. The van der Waals surface area contributed by atoms with Crippen LogP contribution in [-0.2, 0) is 20.1 Å². The molecule has 0 amide bonds. The highest BCUT2D eigenvalue weighted by Crippen LogP contribution is 2.38. The van der Waals surface area contributed by atoms with Gasteiger partial charge in [-0.2, -0.15) is 0 Å². The normalized spacial score (nSPS) is 21.9. The summed E-state index contributed by atoms with van der Waals surface area (Å²) in [6.45, 7) is 5.75. The lowest BCUT2D eigenvalue weighted by atomic mass is 10.2. The van der Waals surface area contributed by atoms with Gasteiger partial charge in [-0.15, -0.1) is 10.2 Å². The van der Waals surface area contributed by atoms with Crippen LogP contribution in [0.25, 0.3) is 0 Å². The Balaban J connectivity index is 1.32. The summed E-state index contributed by atoms with van der Waals surface area (Å²) < 4.78 is 7.79. The Bertz CT molecular complexity index is 704. The zero-order chi connectivity index (χ0) is 16.7. The van der Waals surface area contributed by atoms with Crippen molar-refractivity contribution >= 4 is 0 Å². The predicted octanol–water partition coefficient (Wildman–Crippen LogP) is 1.70. The van der Waals surface area contributed by atoms with Crippen molar-refractivity contribution in [2.24, 2.45) is 7.05 Å². The zero-order valence-corrected chi connectivity index (χ0v) is 14.8. The molecule has 1 atom stereocenters. The number of aromatic nitrogens is 4. The first-order valence-electron chi connectivity index (χ1n) is 8.82. The molecule has 7 nitrogen and oxygen atoms in total. The third-order valence-corrected chi connectivity index (χ3v) is 5.23. The van der Waals surface area contributed by atoms with E-state index in [-0.39, 0.29) is 0 Å². The topological polar surface area (TPSA) is 63.2 Å². The number of aryl methyl sites for hydroxylation is 1. The molecule has 0 aromatic carbocycles. The number of rotatable bonds is 6. The average Bonchev–Trinajstić information content (AvgIpc) is 2.97. The van der Waals surface area contributed by atoms with Crippen LogP contribution in [0.3, 0.4) is 0 Å². The van der Waals surface area contributed by atoms with Gasteiger partial charge in [-0.05, 0) is 33.2 Å². The van der Waals surface area contributed by atoms with Gasteiger partial charge in [0.1, 0.15) is 17.4 Å². The number of hydrogen-bond acceptors (Lipinski definition) is 6. The third-order valence-electron chi connectivity index (χ3n) is 5.23. The fourth-order valence-electron chi connectivity index (χ4n) is 3.54. The van der Waals surface area contributed by atoms with Crippen molar-refractivity contribution in [1.82, 2.24) is 29.5 Å². The second kappa shape index (κ2) is 6.29. The predicted molar refractivity (Wildman–Crippen MR) is 89.4 cm³/mol. The van der Waals surface area contributed by atoms with Gasteiger partial charge in [0.25, 0.3) is 0 Å². The highest BCUT2D eigenvalue weighted by atomic mass is 16.4. The quantitative estimate of drug-likeness (QED) is 0.803. The van der Waals surface area contributed by atoms with Crippen LogP contribution in [0.5, 0.6) is 0 Å². The molecular formula is C17H26N6O. The highest BCUT2D eigenvalue weighted by Gasteiger charge is 2.31. The Kier molecular flexibility index (Phi) is 4.14. The van der Waals surface area contributed by atoms with E-state index in [1.165, 1.54) is 19.3 Å². The van der Waals surface area contributed by atoms with Crippen molar-refractivity contribution in [3.05, 3.63) is 29.5 Å².